The van der Waals surface area contributed by atoms with Crippen LogP contribution in [0.5, 0.6) is 11.5 Å². The van der Waals surface area contributed by atoms with Gasteiger partial charge >= 0.3 is 0 Å². The third-order valence-electron chi connectivity index (χ3n) is 4.57. The second kappa shape index (κ2) is 10.1. The summed E-state index contributed by atoms with van der Waals surface area (Å²) in [5, 5.41) is 24.8. The lowest BCUT2D eigenvalue weighted by Gasteiger charge is -2.13. The molecule has 162 valence electrons. The number of nitriles is 1. The zero-order valence-electron chi connectivity index (χ0n) is 17.6. The van der Waals surface area contributed by atoms with E-state index in [1.807, 2.05) is 44.2 Å². The Morgan fingerprint density at radius 2 is 1.88 bits per heavy atom. The number of nitro groups is 1. The molecule has 0 spiro atoms. The average molecular weight is 431 g/mol. The highest BCUT2D eigenvalue weighted by Gasteiger charge is 2.15. The Labute approximate surface area is 184 Å². The number of nitro benzene ring substituents is 1. The molecule has 0 aliphatic heterocycles. The number of carbonyl (C=O) groups excluding carboxylic acids is 1. The van der Waals surface area contributed by atoms with Gasteiger partial charge in [-0.3, -0.25) is 14.9 Å². The van der Waals surface area contributed by atoms with Crippen molar-refractivity contribution >= 4 is 34.1 Å². The monoisotopic (exact) mass is 431 g/mol. The quantitative estimate of drug-likeness (QED) is 0.230. The van der Waals surface area contributed by atoms with Gasteiger partial charge in [0.15, 0.2) is 0 Å². The van der Waals surface area contributed by atoms with Crippen LogP contribution in [-0.4, -0.2) is 24.0 Å². The molecule has 1 amide bonds. The van der Waals surface area contributed by atoms with E-state index >= 15 is 0 Å². The summed E-state index contributed by atoms with van der Waals surface area (Å²) in [6.45, 7) is 4.62. The van der Waals surface area contributed by atoms with E-state index in [0.717, 1.165) is 10.8 Å². The van der Waals surface area contributed by atoms with E-state index in [2.05, 4.69) is 5.32 Å². The molecule has 0 bridgehead atoms. The van der Waals surface area contributed by atoms with E-state index in [9.17, 15) is 20.2 Å². The largest absolute Gasteiger partial charge is 0.494 e. The molecule has 0 unspecified atom stereocenters. The first-order valence-corrected chi connectivity index (χ1v) is 9.96. The van der Waals surface area contributed by atoms with Crippen molar-refractivity contribution in [2.45, 2.75) is 13.8 Å². The maximum atomic E-state index is 12.8. The zero-order chi connectivity index (χ0) is 23.1. The van der Waals surface area contributed by atoms with Gasteiger partial charge in [-0.25, -0.2) is 0 Å². The van der Waals surface area contributed by atoms with Crippen LogP contribution in [0.1, 0.15) is 19.4 Å². The van der Waals surface area contributed by atoms with Crippen molar-refractivity contribution in [3.8, 4) is 17.6 Å². The summed E-state index contributed by atoms with van der Waals surface area (Å²) in [4.78, 5) is 23.2. The molecular weight excluding hydrogens is 410 g/mol. The Kier molecular flexibility index (Phi) is 7.03. The van der Waals surface area contributed by atoms with Crippen LogP contribution in [0.15, 0.2) is 60.2 Å². The number of ether oxygens (including phenoxy) is 2. The lowest BCUT2D eigenvalue weighted by Crippen LogP contribution is -2.13. The van der Waals surface area contributed by atoms with Crippen LogP contribution >= 0.6 is 0 Å². The number of non-ortho nitro benzene ring substituents is 1. The molecule has 0 saturated heterocycles. The molecule has 8 nitrogen and oxygen atoms in total. The van der Waals surface area contributed by atoms with Crippen molar-refractivity contribution < 1.29 is 19.2 Å². The molecule has 0 fully saturated rings. The lowest BCUT2D eigenvalue weighted by atomic mass is 10.0. The maximum absolute atomic E-state index is 12.8. The number of carbonyl (C=O) groups is 1. The van der Waals surface area contributed by atoms with Gasteiger partial charge in [-0.05, 0) is 55.0 Å². The number of nitrogens with zero attached hydrogens (tertiary/aromatic N) is 2. The molecule has 3 aromatic carbocycles. The van der Waals surface area contributed by atoms with Gasteiger partial charge in [-0.15, -0.1) is 0 Å². The lowest BCUT2D eigenvalue weighted by molar-refractivity contribution is -0.384. The second-order valence-corrected chi connectivity index (χ2v) is 6.66. The Morgan fingerprint density at radius 1 is 1.12 bits per heavy atom. The summed E-state index contributed by atoms with van der Waals surface area (Å²) < 4.78 is 11.3. The number of fused-ring (bicyclic) bond motifs is 1. The number of hydrogen-bond donors (Lipinski definition) is 1. The molecule has 32 heavy (non-hydrogen) atoms. The molecule has 8 heteroatoms. The predicted octanol–water partition coefficient (Wildman–Crippen LogP) is 5.09. The molecule has 3 aromatic rings. The SMILES string of the molecule is CCOc1ccc2ccc(OCC)c(/C=C(\C#N)C(=O)Nc3cccc([N+](=O)[O-])c3)c2c1. The predicted molar refractivity (Wildman–Crippen MR) is 122 cm³/mol. The van der Waals surface area contributed by atoms with E-state index in [4.69, 9.17) is 9.47 Å². The van der Waals surface area contributed by atoms with Crippen molar-refractivity contribution in [2.75, 3.05) is 18.5 Å². The van der Waals surface area contributed by atoms with Crippen molar-refractivity contribution in [1.82, 2.24) is 0 Å². The number of amides is 1. The number of nitrogens with one attached hydrogen (secondary N) is 1. The number of rotatable bonds is 8. The summed E-state index contributed by atoms with van der Waals surface area (Å²) in [6.07, 6.45) is 1.45. The smallest absolute Gasteiger partial charge is 0.271 e. The van der Waals surface area contributed by atoms with Crippen LogP contribution in [0.3, 0.4) is 0 Å². The first kappa shape index (κ1) is 22.3. The van der Waals surface area contributed by atoms with Crippen LogP contribution in [-0.2, 0) is 4.79 Å². The van der Waals surface area contributed by atoms with Crippen molar-refractivity contribution in [2.24, 2.45) is 0 Å². The van der Waals surface area contributed by atoms with E-state index in [1.54, 1.807) is 6.07 Å². The minimum atomic E-state index is -0.687. The molecule has 0 aliphatic carbocycles. The van der Waals surface area contributed by atoms with Gasteiger partial charge in [0.1, 0.15) is 23.1 Å². The third kappa shape index (κ3) is 5.02. The molecule has 0 saturated carbocycles. The van der Waals surface area contributed by atoms with Crippen LogP contribution in [0.25, 0.3) is 16.8 Å². The van der Waals surface area contributed by atoms with Crippen LogP contribution < -0.4 is 14.8 Å². The van der Waals surface area contributed by atoms with Crippen molar-refractivity contribution in [1.29, 1.82) is 5.26 Å². The van der Waals surface area contributed by atoms with Gasteiger partial charge in [0.25, 0.3) is 11.6 Å². The number of benzene rings is 3. The minimum Gasteiger partial charge on any atom is -0.494 e. The summed E-state index contributed by atoms with van der Waals surface area (Å²) in [5.41, 5.74) is 0.441. The summed E-state index contributed by atoms with van der Waals surface area (Å²) in [6, 6.07) is 16.7. The fourth-order valence-electron chi connectivity index (χ4n) is 3.18. The molecule has 0 radical (unpaired) electrons. The van der Waals surface area contributed by atoms with Gasteiger partial charge in [-0.1, -0.05) is 18.2 Å². The average Bonchev–Trinajstić information content (AvgIpc) is 2.78. The van der Waals surface area contributed by atoms with E-state index in [1.165, 1.54) is 30.3 Å². The fraction of sp³-hybridized carbons (Fsp3) is 0.167. The summed E-state index contributed by atoms with van der Waals surface area (Å²) >= 11 is 0. The van der Waals surface area contributed by atoms with Crippen LogP contribution in [0, 0.1) is 21.4 Å². The molecule has 0 heterocycles. The van der Waals surface area contributed by atoms with Gasteiger partial charge in [0.05, 0.1) is 18.1 Å². The summed E-state index contributed by atoms with van der Waals surface area (Å²) in [7, 11) is 0. The topological polar surface area (TPSA) is 114 Å². The first-order chi connectivity index (χ1) is 15.5. The fourth-order valence-corrected chi connectivity index (χ4v) is 3.18. The maximum Gasteiger partial charge on any atom is 0.271 e. The normalized spacial score (nSPS) is 11.0. The van der Waals surface area contributed by atoms with E-state index < -0.39 is 10.8 Å². The number of hydrogen-bond acceptors (Lipinski definition) is 6. The Bertz CT molecular complexity index is 1240. The molecular formula is C24H21N3O5. The minimum absolute atomic E-state index is 0.165. The molecule has 0 atom stereocenters. The standard InChI is InChI=1S/C24H21N3O5/c1-3-31-20-10-8-16-9-11-23(32-4-2)22(21(16)14-20)12-17(15-25)24(28)26-18-6-5-7-19(13-18)27(29)30/h5-14H,3-4H2,1-2H3,(H,26,28)/b17-12+. The van der Waals surface area contributed by atoms with E-state index in [-0.39, 0.29) is 16.9 Å². The first-order valence-electron chi connectivity index (χ1n) is 9.96. The molecule has 0 aromatic heterocycles. The van der Waals surface area contributed by atoms with Gasteiger partial charge < -0.3 is 14.8 Å². The Balaban J connectivity index is 2.05. The third-order valence-corrected chi connectivity index (χ3v) is 4.57. The molecule has 1 N–H and O–H groups in total. The zero-order valence-corrected chi connectivity index (χ0v) is 17.6. The highest BCUT2D eigenvalue weighted by Crippen LogP contribution is 2.33. The van der Waals surface area contributed by atoms with Gasteiger partial charge in [0.2, 0.25) is 0 Å². The van der Waals surface area contributed by atoms with Crippen LogP contribution in [0.2, 0.25) is 0 Å². The van der Waals surface area contributed by atoms with Crippen LogP contribution in [0.4, 0.5) is 11.4 Å². The van der Waals surface area contributed by atoms with Crippen molar-refractivity contribution in [3.05, 3.63) is 75.8 Å². The highest BCUT2D eigenvalue weighted by atomic mass is 16.6. The van der Waals surface area contributed by atoms with Gasteiger partial charge in [-0.2, -0.15) is 5.26 Å². The second-order valence-electron chi connectivity index (χ2n) is 6.66. The van der Waals surface area contributed by atoms with E-state index in [0.29, 0.717) is 30.3 Å². The highest BCUT2D eigenvalue weighted by molar-refractivity contribution is 6.11. The Hall–Kier alpha value is -4.38. The summed E-state index contributed by atoms with van der Waals surface area (Å²) in [5.74, 6) is 0.487. The number of anilines is 1. The Morgan fingerprint density at radius 3 is 2.56 bits per heavy atom. The van der Waals surface area contributed by atoms with Gasteiger partial charge in [0, 0.05) is 23.4 Å². The molecule has 0 aliphatic rings. The van der Waals surface area contributed by atoms with Crippen molar-refractivity contribution in [3.63, 3.8) is 0 Å². The molecule has 3 rings (SSSR count).